The molecule has 0 bridgehead atoms. The van der Waals surface area contributed by atoms with E-state index < -0.39 is 0 Å². The van der Waals surface area contributed by atoms with Crippen LogP contribution in [0.1, 0.15) is 11.1 Å². The molecule has 0 unspecified atom stereocenters. The van der Waals surface area contributed by atoms with Gasteiger partial charge in [-0.1, -0.05) is 12.1 Å². The summed E-state index contributed by atoms with van der Waals surface area (Å²) in [5, 5.41) is 6.95. The third-order valence-electron chi connectivity index (χ3n) is 4.17. The van der Waals surface area contributed by atoms with E-state index in [0.29, 0.717) is 0 Å². The zero-order valence-corrected chi connectivity index (χ0v) is 14.8. The maximum atomic E-state index is 12.0. The molecule has 126 valence electrons. The van der Waals surface area contributed by atoms with Gasteiger partial charge in [0.05, 0.1) is 0 Å². The number of rotatable bonds is 5. The Kier molecular flexibility index (Phi) is 5.80. The molecule has 0 aliphatic carbocycles. The van der Waals surface area contributed by atoms with E-state index in [1.807, 2.05) is 35.0 Å². The maximum absolute atomic E-state index is 12.0. The highest BCUT2D eigenvalue weighted by atomic mass is 32.1. The summed E-state index contributed by atoms with van der Waals surface area (Å²) < 4.78 is 0. The predicted molar refractivity (Wildman–Crippen MR) is 101 cm³/mol. The average molecular weight is 341 g/mol. The molecule has 1 saturated heterocycles. The standard InChI is InChI=1S/C19H23N3OS/c1-21-8-10-22(11-9-21)14-17-3-2-4-18(13-17)20-19(23)6-5-16-7-12-24-15-16/h2-7,12-13,15H,8-11,14H2,1H3,(H,20,23)/b6-5+. The van der Waals surface area contributed by atoms with Crippen molar-refractivity contribution in [2.45, 2.75) is 6.54 Å². The number of anilines is 1. The molecule has 0 atom stereocenters. The Bertz CT molecular complexity index is 688. The lowest BCUT2D eigenvalue weighted by Crippen LogP contribution is -2.43. The molecule has 0 saturated carbocycles. The summed E-state index contributed by atoms with van der Waals surface area (Å²) in [5.74, 6) is -0.0991. The fraction of sp³-hybridized carbons (Fsp3) is 0.316. The molecule has 2 aromatic rings. The molecule has 5 heteroatoms. The molecule has 1 aromatic carbocycles. The summed E-state index contributed by atoms with van der Waals surface area (Å²) in [6.07, 6.45) is 3.41. The third-order valence-corrected chi connectivity index (χ3v) is 4.87. The Morgan fingerprint density at radius 3 is 2.83 bits per heavy atom. The smallest absolute Gasteiger partial charge is 0.248 e. The van der Waals surface area contributed by atoms with Gasteiger partial charge < -0.3 is 10.2 Å². The van der Waals surface area contributed by atoms with Gasteiger partial charge in [-0.25, -0.2) is 0 Å². The number of carbonyl (C=O) groups excluding carboxylic acids is 1. The number of piperazine rings is 1. The summed E-state index contributed by atoms with van der Waals surface area (Å²) >= 11 is 1.62. The second kappa shape index (κ2) is 8.24. The molecule has 1 N–H and O–H groups in total. The van der Waals surface area contributed by atoms with Gasteiger partial charge in [-0.3, -0.25) is 9.69 Å². The monoisotopic (exact) mass is 341 g/mol. The lowest BCUT2D eigenvalue weighted by molar-refractivity contribution is -0.111. The Hall–Kier alpha value is -1.95. The number of nitrogens with zero attached hydrogens (tertiary/aromatic N) is 2. The first-order valence-electron chi connectivity index (χ1n) is 8.20. The number of carbonyl (C=O) groups is 1. The average Bonchev–Trinajstić information content (AvgIpc) is 3.09. The summed E-state index contributed by atoms with van der Waals surface area (Å²) in [7, 11) is 2.16. The van der Waals surface area contributed by atoms with E-state index in [1.165, 1.54) is 5.56 Å². The van der Waals surface area contributed by atoms with E-state index >= 15 is 0 Å². The van der Waals surface area contributed by atoms with Crippen LogP contribution >= 0.6 is 11.3 Å². The zero-order chi connectivity index (χ0) is 16.8. The van der Waals surface area contributed by atoms with Crippen LogP contribution in [0.3, 0.4) is 0 Å². The Morgan fingerprint density at radius 1 is 1.25 bits per heavy atom. The highest BCUT2D eigenvalue weighted by molar-refractivity contribution is 7.08. The first-order valence-corrected chi connectivity index (χ1v) is 9.14. The quantitative estimate of drug-likeness (QED) is 0.849. The number of amides is 1. The van der Waals surface area contributed by atoms with E-state index in [4.69, 9.17) is 0 Å². The SMILES string of the molecule is CN1CCN(Cc2cccc(NC(=O)/C=C/c3ccsc3)c2)CC1. The summed E-state index contributed by atoms with van der Waals surface area (Å²) in [5.41, 5.74) is 3.14. The third kappa shape index (κ3) is 5.03. The van der Waals surface area contributed by atoms with Gasteiger partial charge >= 0.3 is 0 Å². The first-order chi connectivity index (χ1) is 11.7. The molecule has 1 aromatic heterocycles. The number of nitrogens with one attached hydrogen (secondary N) is 1. The molecule has 24 heavy (non-hydrogen) atoms. The van der Waals surface area contributed by atoms with E-state index in [0.717, 1.165) is 44.0 Å². The second-order valence-electron chi connectivity index (χ2n) is 6.16. The molecular formula is C19H23N3OS. The summed E-state index contributed by atoms with van der Waals surface area (Å²) in [6, 6.07) is 10.1. The second-order valence-corrected chi connectivity index (χ2v) is 6.94. The highest BCUT2D eigenvalue weighted by Crippen LogP contribution is 2.14. The van der Waals surface area contributed by atoms with Crippen molar-refractivity contribution in [3.63, 3.8) is 0 Å². The lowest BCUT2D eigenvalue weighted by Gasteiger charge is -2.32. The van der Waals surface area contributed by atoms with E-state index in [2.05, 4.69) is 34.3 Å². The van der Waals surface area contributed by atoms with Gasteiger partial charge in [0.15, 0.2) is 0 Å². The van der Waals surface area contributed by atoms with Gasteiger partial charge in [-0.15, -0.1) is 0 Å². The molecule has 1 fully saturated rings. The van der Waals surface area contributed by atoms with E-state index in [-0.39, 0.29) is 5.91 Å². The van der Waals surface area contributed by atoms with Crippen LogP contribution in [0.4, 0.5) is 5.69 Å². The van der Waals surface area contributed by atoms with Crippen LogP contribution in [0.15, 0.2) is 47.2 Å². The molecule has 1 amide bonds. The van der Waals surface area contributed by atoms with E-state index in [9.17, 15) is 4.79 Å². The number of hydrogen-bond donors (Lipinski definition) is 1. The van der Waals surface area contributed by atoms with Crippen LogP contribution < -0.4 is 5.32 Å². The van der Waals surface area contributed by atoms with Crippen LogP contribution in [-0.2, 0) is 11.3 Å². The molecule has 1 aliphatic rings. The Balaban J connectivity index is 1.55. The number of hydrogen-bond acceptors (Lipinski definition) is 4. The normalized spacial score (nSPS) is 16.5. The largest absolute Gasteiger partial charge is 0.323 e. The van der Waals surface area contributed by atoms with Crippen LogP contribution in [0.25, 0.3) is 6.08 Å². The predicted octanol–water partition coefficient (Wildman–Crippen LogP) is 3.15. The highest BCUT2D eigenvalue weighted by Gasteiger charge is 2.13. The van der Waals surface area contributed by atoms with Gasteiger partial charge in [-0.2, -0.15) is 11.3 Å². The van der Waals surface area contributed by atoms with Crippen molar-refractivity contribution in [3.8, 4) is 0 Å². The molecular weight excluding hydrogens is 318 g/mol. The molecule has 4 nitrogen and oxygen atoms in total. The van der Waals surface area contributed by atoms with Gasteiger partial charge in [0, 0.05) is 44.5 Å². The van der Waals surface area contributed by atoms with Crippen LogP contribution in [0, 0.1) is 0 Å². The minimum atomic E-state index is -0.0991. The van der Waals surface area contributed by atoms with Crippen molar-refractivity contribution in [2.75, 3.05) is 38.5 Å². The van der Waals surface area contributed by atoms with Gasteiger partial charge in [0.1, 0.15) is 0 Å². The van der Waals surface area contributed by atoms with E-state index in [1.54, 1.807) is 17.4 Å². The van der Waals surface area contributed by atoms with Gasteiger partial charge in [0.2, 0.25) is 5.91 Å². The van der Waals surface area contributed by atoms with Crippen molar-refractivity contribution in [2.24, 2.45) is 0 Å². The topological polar surface area (TPSA) is 35.6 Å². The Labute approximate surface area is 147 Å². The minimum absolute atomic E-state index is 0.0991. The molecule has 0 spiro atoms. The van der Waals surface area contributed by atoms with Crippen LogP contribution in [-0.4, -0.2) is 48.9 Å². The van der Waals surface area contributed by atoms with Crippen molar-refractivity contribution in [3.05, 3.63) is 58.3 Å². The minimum Gasteiger partial charge on any atom is -0.323 e. The number of likely N-dealkylation sites (N-methyl/N-ethyl adjacent to an activating group) is 1. The molecule has 2 heterocycles. The van der Waals surface area contributed by atoms with Gasteiger partial charge in [0.25, 0.3) is 0 Å². The summed E-state index contributed by atoms with van der Waals surface area (Å²) in [6.45, 7) is 5.35. The maximum Gasteiger partial charge on any atom is 0.248 e. The molecule has 0 radical (unpaired) electrons. The fourth-order valence-electron chi connectivity index (χ4n) is 2.74. The van der Waals surface area contributed by atoms with Crippen molar-refractivity contribution in [1.29, 1.82) is 0 Å². The molecule has 1 aliphatic heterocycles. The Morgan fingerprint density at radius 2 is 2.08 bits per heavy atom. The van der Waals surface area contributed by atoms with Crippen LogP contribution in [0.2, 0.25) is 0 Å². The first kappa shape index (κ1) is 16.9. The van der Waals surface area contributed by atoms with Crippen molar-refractivity contribution < 1.29 is 4.79 Å². The number of thiophene rings is 1. The van der Waals surface area contributed by atoms with Crippen LogP contribution in [0.5, 0.6) is 0 Å². The number of benzene rings is 1. The van der Waals surface area contributed by atoms with Crippen molar-refractivity contribution >= 4 is 29.0 Å². The fourth-order valence-corrected chi connectivity index (χ4v) is 3.37. The summed E-state index contributed by atoms with van der Waals surface area (Å²) in [4.78, 5) is 16.8. The molecule has 3 rings (SSSR count). The van der Waals surface area contributed by atoms with Gasteiger partial charge in [-0.05, 0) is 53.2 Å². The zero-order valence-electron chi connectivity index (χ0n) is 13.9. The lowest BCUT2D eigenvalue weighted by atomic mass is 10.1. The van der Waals surface area contributed by atoms with Crippen molar-refractivity contribution in [1.82, 2.24) is 9.80 Å².